The Hall–Kier alpha value is -3.12. The highest BCUT2D eigenvalue weighted by Gasteiger charge is 2.10. The molecule has 2 aromatic carbocycles. The van der Waals surface area contributed by atoms with E-state index >= 15 is 0 Å². The summed E-state index contributed by atoms with van der Waals surface area (Å²) in [5.74, 6) is 0.889. The molecule has 1 aromatic heterocycles. The second-order valence-corrected chi connectivity index (χ2v) is 6.87. The minimum absolute atomic E-state index is 0.0853. The Kier molecular flexibility index (Phi) is 5.66. The van der Waals surface area contributed by atoms with Gasteiger partial charge in [-0.2, -0.15) is 0 Å². The molecule has 26 heavy (non-hydrogen) atoms. The van der Waals surface area contributed by atoms with Crippen LogP contribution in [0.25, 0.3) is 0 Å². The Morgan fingerprint density at radius 2 is 1.62 bits per heavy atom. The lowest BCUT2D eigenvalue weighted by Crippen LogP contribution is -2.32. The number of amides is 2. The van der Waals surface area contributed by atoms with Crippen LogP contribution in [0.3, 0.4) is 0 Å². The number of para-hydroxylation sites is 1. The van der Waals surface area contributed by atoms with Crippen molar-refractivity contribution in [2.45, 2.75) is 6.92 Å². The van der Waals surface area contributed by atoms with Crippen molar-refractivity contribution < 1.29 is 14.3 Å². The molecule has 3 rings (SSSR count). The van der Waals surface area contributed by atoms with Crippen LogP contribution in [-0.2, 0) is 4.79 Å². The van der Waals surface area contributed by atoms with Crippen molar-refractivity contribution in [3.05, 3.63) is 76.5 Å². The Balaban J connectivity index is 1.49. The van der Waals surface area contributed by atoms with Gasteiger partial charge in [0.05, 0.1) is 11.4 Å². The number of nitrogens with one attached hydrogen (secondary N) is 2. The molecular formula is C20H18N2O3S. The van der Waals surface area contributed by atoms with Crippen LogP contribution in [0.15, 0.2) is 66.7 Å². The summed E-state index contributed by atoms with van der Waals surface area (Å²) in [6.07, 6.45) is 0. The molecule has 2 amide bonds. The molecule has 2 N–H and O–H groups in total. The van der Waals surface area contributed by atoms with Gasteiger partial charge in [0.1, 0.15) is 11.5 Å². The first-order valence-electron chi connectivity index (χ1n) is 8.07. The van der Waals surface area contributed by atoms with Gasteiger partial charge in [0.15, 0.2) is 0 Å². The van der Waals surface area contributed by atoms with Gasteiger partial charge in [0.2, 0.25) is 5.91 Å². The van der Waals surface area contributed by atoms with Crippen molar-refractivity contribution in [3.8, 4) is 11.5 Å². The van der Waals surface area contributed by atoms with Crippen molar-refractivity contribution in [3.63, 3.8) is 0 Å². The smallest absolute Gasteiger partial charge is 0.261 e. The summed E-state index contributed by atoms with van der Waals surface area (Å²) in [5, 5.41) is 5.35. The van der Waals surface area contributed by atoms with E-state index in [1.54, 1.807) is 30.3 Å². The Morgan fingerprint density at radius 3 is 2.27 bits per heavy atom. The standard InChI is InChI=1S/C20H18N2O3S/c1-14-7-12-18(26-14)20(24)21-13-19(23)22-15-8-10-17(11-9-15)25-16-5-3-2-4-6-16/h2-12H,13H2,1H3,(H,21,24)(H,22,23). The van der Waals surface area contributed by atoms with Crippen molar-refractivity contribution >= 4 is 28.8 Å². The van der Waals surface area contributed by atoms with Crippen LogP contribution in [0.1, 0.15) is 14.5 Å². The topological polar surface area (TPSA) is 67.4 Å². The first-order valence-corrected chi connectivity index (χ1v) is 8.89. The Morgan fingerprint density at radius 1 is 0.923 bits per heavy atom. The third-order valence-electron chi connectivity index (χ3n) is 3.49. The summed E-state index contributed by atoms with van der Waals surface area (Å²) >= 11 is 1.40. The normalized spacial score (nSPS) is 10.2. The second kappa shape index (κ2) is 8.31. The van der Waals surface area contributed by atoms with E-state index in [9.17, 15) is 9.59 Å². The van der Waals surface area contributed by atoms with E-state index in [4.69, 9.17) is 4.74 Å². The van der Waals surface area contributed by atoms with Gasteiger partial charge in [-0.1, -0.05) is 18.2 Å². The molecule has 6 heteroatoms. The third-order valence-corrected chi connectivity index (χ3v) is 4.49. The molecule has 0 bridgehead atoms. The van der Waals surface area contributed by atoms with Crippen LogP contribution in [0.2, 0.25) is 0 Å². The Labute approximate surface area is 155 Å². The number of hydrogen-bond acceptors (Lipinski definition) is 4. The highest BCUT2D eigenvalue weighted by Crippen LogP contribution is 2.22. The van der Waals surface area contributed by atoms with Crippen LogP contribution < -0.4 is 15.4 Å². The fraction of sp³-hybridized carbons (Fsp3) is 0.100. The lowest BCUT2D eigenvalue weighted by molar-refractivity contribution is -0.115. The van der Waals surface area contributed by atoms with Gasteiger partial charge in [0, 0.05) is 10.6 Å². The molecular weight excluding hydrogens is 348 g/mol. The van der Waals surface area contributed by atoms with Crippen LogP contribution in [-0.4, -0.2) is 18.4 Å². The van der Waals surface area contributed by atoms with Crippen molar-refractivity contribution in [2.75, 3.05) is 11.9 Å². The third kappa shape index (κ3) is 4.94. The molecule has 0 atom stereocenters. The molecule has 3 aromatic rings. The van der Waals surface area contributed by atoms with E-state index in [0.29, 0.717) is 16.3 Å². The first-order chi connectivity index (χ1) is 12.6. The van der Waals surface area contributed by atoms with E-state index in [-0.39, 0.29) is 18.4 Å². The maximum absolute atomic E-state index is 12.0. The van der Waals surface area contributed by atoms with Crippen molar-refractivity contribution in [1.82, 2.24) is 5.32 Å². The molecule has 0 saturated heterocycles. The highest BCUT2D eigenvalue weighted by atomic mass is 32.1. The number of benzene rings is 2. The molecule has 0 aliphatic carbocycles. The summed E-state index contributed by atoms with van der Waals surface area (Å²) in [6.45, 7) is 1.84. The predicted octanol–water partition coefficient (Wildman–Crippen LogP) is 4.22. The predicted molar refractivity (Wildman–Crippen MR) is 103 cm³/mol. The SMILES string of the molecule is Cc1ccc(C(=O)NCC(=O)Nc2ccc(Oc3ccccc3)cc2)s1. The van der Waals surface area contributed by atoms with E-state index in [0.717, 1.165) is 10.6 Å². The summed E-state index contributed by atoms with van der Waals surface area (Å²) in [7, 11) is 0. The van der Waals surface area contributed by atoms with E-state index in [2.05, 4.69) is 10.6 Å². The average molecular weight is 366 g/mol. The minimum Gasteiger partial charge on any atom is -0.457 e. The zero-order valence-electron chi connectivity index (χ0n) is 14.2. The van der Waals surface area contributed by atoms with Crippen molar-refractivity contribution in [2.24, 2.45) is 0 Å². The molecule has 0 unspecified atom stereocenters. The first kappa shape index (κ1) is 17.7. The van der Waals surface area contributed by atoms with Gasteiger partial charge in [0.25, 0.3) is 5.91 Å². The summed E-state index contributed by atoms with van der Waals surface area (Å²) < 4.78 is 5.70. The van der Waals surface area contributed by atoms with Crippen LogP contribution >= 0.6 is 11.3 Å². The van der Waals surface area contributed by atoms with E-state index in [1.165, 1.54) is 11.3 Å². The van der Waals surface area contributed by atoms with Gasteiger partial charge in [-0.3, -0.25) is 9.59 Å². The minimum atomic E-state index is -0.289. The second-order valence-electron chi connectivity index (χ2n) is 5.58. The number of carbonyl (C=O) groups is 2. The number of aryl methyl sites for hydroxylation is 1. The van der Waals surface area contributed by atoms with E-state index in [1.807, 2.05) is 43.3 Å². The maximum Gasteiger partial charge on any atom is 0.261 e. The molecule has 5 nitrogen and oxygen atoms in total. The number of anilines is 1. The quantitative estimate of drug-likeness (QED) is 0.686. The molecule has 132 valence electrons. The van der Waals surface area contributed by atoms with Crippen molar-refractivity contribution in [1.29, 1.82) is 0 Å². The average Bonchev–Trinajstić information content (AvgIpc) is 3.09. The van der Waals surface area contributed by atoms with Gasteiger partial charge >= 0.3 is 0 Å². The molecule has 0 spiro atoms. The number of ether oxygens (including phenoxy) is 1. The number of carbonyl (C=O) groups excluding carboxylic acids is 2. The monoisotopic (exact) mass is 366 g/mol. The summed E-state index contributed by atoms with van der Waals surface area (Å²) in [6, 6.07) is 20.1. The van der Waals surface area contributed by atoms with Gasteiger partial charge < -0.3 is 15.4 Å². The lowest BCUT2D eigenvalue weighted by Gasteiger charge is -2.08. The van der Waals surface area contributed by atoms with Crippen LogP contribution in [0.4, 0.5) is 5.69 Å². The fourth-order valence-electron chi connectivity index (χ4n) is 2.24. The maximum atomic E-state index is 12.0. The van der Waals surface area contributed by atoms with Gasteiger partial charge in [-0.05, 0) is 55.5 Å². The summed E-state index contributed by atoms with van der Waals surface area (Å²) in [5.41, 5.74) is 0.636. The van der Waals surface area contributed by atoms with Crippen LogP contribution in [0.5, 0.6) is 11.5 Å². The molecule has 0 radical (unpaired) electrons. The fourth-order valence-corrected chi connectivity index (χ4v) is 3.02. The molecule has 0 saturated carbocycles. The number of thiophene rings is 1. The zero-order chi connectivity index (χ0) is 18.4. The Bertz CT molecular complexity index is 889. The van der Waals surface area contributed by atoms with E-state index < -0.39 is 0 Å². The van der Waals surface area contributed by atoms with Crippen LogP contribution in [0, 0.1) is 6.92 Å². The lowest BCUT2D eigenvalue weighted by atomic mass is 10.3. The number of hydrogen-bond donors (Lipinski definition) is 2. The molecule has 0 fully saturated rings. The largest absolute Gasteiger partial charge is 0.457 e. The summed E-state index contributed by atoms with van der Waals surface area (Å²) in [4.78, 5) is 25.6. The molecule has 0 aliphatic heterocycles. The number of rotatable bonds is 6. The zero-order valence-corrected chi connectivity index (χ0v) is 15.0. The van der Waals surface area contributed by atoms with Gasteiger partial charge in [-0.25, -0.2) is 0 Å². The molecule has 0 aliphatic rings. The highest BCUT2D eigenvalue weighted by molar-refractivity contribution is 7.13. The van der Waals surface area contributed by atoms with Gasteiger partial charge in [-0.15, -0.1) is 11.3 Å². The molecule has 1 heterocycles.